The molecule has 0 spiro atoms. The van der Waals surface area contributed by atoms with Crippen molar-refractivity contribution in [3.63, 3.8) is 0 Å². The highest BCUT2D eigenvalue weighted by Crippen LogP contribution is 2.44. The van der Waals surface area contributed by atoms with E-state index in [-0.39, 0.29) is 11.6 Å². The SMILES string of the molecule is CCCCC1(CC(N)c2ccccc2)OCCc2c1[nH]c1ccccc21. The average Bonchev–Trinajstić information content (AvgIpc) is 3.07. The molecule has 26 heavy (non-hydrogen) atoms. The van der Waals surface area contributed by atoms with Crippen LogP contribution in [0.25, 0.3) is 10.9 Å². The Hall–Kier alpha value is -2.10. The standard InChI is InChI=1S/C23H28N2O/c1-2-3-14-23(16-20(24)17-9-5-4-6-10-17)22-19(13-15-26-23)18-11-7-8-12-21(18)25-22/h4-12,20,25H,2-3,13-16,24H2,1H3. The molecule has 0 aliphatic carbocycles. The van der Waals surface area contributed by atoms with E-state index < -0.39 is 0 Å². The first kappa shape index (κ1) is 17.3. The Kier molecular flexibility index (Phi) is 4.84. The molecule has 4 rings (SSSR count). The molecule has 0 amide bonds. The molecule has 3 nitrogen and oxygen atoms in total. The number of rotatable bonds is 6. The maximum absolute atomic E-state index is 6.64. The van der Waals surface area contributed by atoms with Crippen LogP contribution >= 0.6 is 0 Å². The van der Waals surface area contributed by atoms with E-state index in [4.69, 9.17) is 10.5 Å². The topological polar surface area (TPSA) is 51.0 Å². The Morgan fingerprint density at radius 3 is 2.69 bits per heavy atom. The van der Waals surface area contributed by atoms with Crippen molar-refractivity contribution in [2.75, 3.05) is 6.61 Å². The molecule has 1 aliphatic rings. The summed E-state index contributed by atoms with van der Waals surface area (Å²) in [6.07, 6.45) is 5.06. The van der Waals surface area contributed by atoms with Crippen molar-refractivity contribution < 1.29 is 4.74 Å². The maximum atomic E-state index is 6.64. The fourth-order valence-corrected chi connectivity index (χ4v) is 4.37. The van der Waals surface area contributed by atoms with Crippen molar-refractivity contribution in [1.29, 1.82) is 0 Å². The molecule has 0 radical (unpaired) electrons. The highest BCUT2D eigenvalue weighted by Gasteiger charge is 2.41. The molecular formula is C23H28N2O. The second kappa shape index (κ2) is 7.26. The van der Waals surface area contributed by atoms with Crippen LogP contribution in [0.5, 0.6) is 0 Å². The zero-order valence-electron chi connectivity index (χ0n) is 15.5. The van der Waals surface area contributed by atoms with Crippen LogP contribution in [0.2, 0.25) is 0 Å². The third-order valence-electron chi connectivity index (χ3n) is 5.71. The first-order chi connectivity index (χ1) is 12.7. The maximum Gasteiger partial charge on any atom is 0.110 e. The molecule has 1 aromatic heterocycles. The van der Waals surface area contributed by atoms with Gasteiger partial charge in [0.2, 0.25) is 0 Å². The quantitative estimate of drug-likeness (QED) is 0.642. The van der Waals surface area contributed by atoms with E-state index in [2.05, 4.69) is 60.4 Å². The normalized spacial score (nSPS) is 20.8. The number of fused-ring (bicyclic) bond motifs is 3. The molecule has 2 aromatic carbocycles. The number of para-hydroxylation sites is 1. The molecule has 136 valence electrons. The van der Waals surface area contributed by atoms with Gasteiger partial charge in [0.25, 0.3) is 0 Å². The Labute approximate surface area is 155 Å². The molecule has 1 aliphatic heterocycles. The number of unbranched alkanes of at least 4 members (excludes halogenated alkanes) is 1. The van der Waals surface area contributed by atoms with Crippen molar-refractivity contribution in [2.24, 2.45) is 5.73 Å². The third kappa shape index (κ3) is 3.06. The van der Waals surface area contributed by atoms with Crippen LogP contribution in [0.15, 0.2) is 54.6 Å². The van der Waals surface area contributed by atoms with Gasteiger partial charge in [-0.25, -0.2) is 0 Å². The number of aromatic nitrogens is 1. The van der Waals surface area contributed by atoms with Crippen LogP contribution in [-0.2, 0) is 16.8 Å². The van der Waals surface area contributed by atoms with Crippen LogP contribution in [0, 0.1) is 0 Å². The molecule has 0 fully saturated rings. The summed E-state index contributed by atoms with van der Waals surface area (Å²) in [7, 11) is 0. The van der Waals surface area contributed by atoms with Crippen molar-refractivity contribution in [3.8, 4) is 0 Å². The fraction of sp³-hybridized carbons (Fsp3) is 0.391. The number of hydrogen-bond donors (Lipinski definition) is 2. The lowest BCUT2D eigenvalue weighted by molar-refractivity contribution is -0.0805. The Bertz CT molecular complexity index is 870. The Balaban J connectivity index is 1.76. The largest absolute Gasteiger partial charge is 0.368 e. The van der Waals surface area contributed by atoms with Gasteiger partial charge in [0, 0.05) is 23.4 Å². The van der Waals surface area contributed by atoms with Crippen molar-refractivity contribution in [1.82, 2.24) is 4.98 Å². The van der Waals surface area contributed by atoms with Crippen LogP contribution in [0.3, 0.4) is 0 Å². The first-order valence-corrected chi connectivity index (χ1v) is 9.78. The van der Waals surface area contributed by atoms with Gasteiger partial charge in [-0.15, -0.1) is 0 Å². The summed E-state index contributed by atoms with van der Waals surface area (Å²) in [4.78, 5) is 3.69. The van der Waals surface area contributed by atoms with E-state index in [9.17, 15) is 0 Å². The lowest BCUT2D eigenvalue weighted by Gasteiger charge is -2.39. The number of nitrogens with two attached hydrogens (primary N) is 1. The van der Waals surface area contributed by atoms with Gasteiger partial charge >= 0.3 is 0 Å². The van der Waals surface area contributed by atoms with Gasteiger partial charge in [-0.1, -0.05) is 68.3 Å². The minimum Gasteiger partial charge on any atom is -0.368 e. The number of aromatic amines is 1. The second-order valence-corrected chi connectivity index (χ2v) is 7.44. The zero-order valence-corrected chi connectivity index (χ0v) is 15.5. The van der Waals surface area contributed by atoms with Gasteiger partial charge in [0.1, 0.15) is 5.60 Å². The number of nitrogens with one attached hydrogen (secondary N) is 1. The Morgan fingerprint density at radius 2 is 1.88 bits per heavy atom. The van der Waals surface area contributed by atoms with E-state index >= 15 is 0 Å². The van der Waals surface area contributed by atoms with Gasteiger partial charge in [0.15, 0.2) is 0 Å². The average molecular weight is 348 g/mol. The minimum atomic E-state index is -0.322. The van der Waals surface area contributed by atoms with Crippen LogP contribution < -0.4 is 5.73 Å². The number of H-pyrrole nitrogens is 1. The summed E-state index contributed by atoms with van der Waals surface area (Å²) in [6, 6.07) is 19.0. The highest BCUT2D eigenvalue weighted by molar-refractivity contribution is 5.85. The molecule has 2 unspecified atom stereocenters. The smallest absolute Gasteiger partial charge is 0.110 e. The molecule has 0 bridgehead atoms. The van der Waals surface area contributed by atoms with Gasteiger partial charge in [-0.05, 0) is 30.0 Å². The number of benzene rings is 2. The monoisotopic (exact) mass is 348 g/mol. The minimum absolute atomic E-state index is 0.0366. The lowest BCUT2D eigenvalue weighted by atomic mass is 9.81. The van der Waals surface area contributed by atoms with Crippen molar-refractivity contribution in [2.45, 2.75) is 50.7 Å². The molecule has 2 atom stereocenters. The van der Waals surface area contributed by atoms with E-state index in [0.29, 0.717) is 0 Å². The van der Waals surface area contributed by atoms with E-state index in [1.54, 1.807) is 0 Å². The van der Waals surface area contributed by atoms with Crippen LogP contribution in [0.1, 0.15) is 55.5 Å². The van der Waals surface area contributed by atoms with Gasteiger partial charge in [0.05, 0.1) is 12.3 Å². The Morgan fingerprint density at radius 1 is 1.12 bits per heavy atom. The summed E-state index contributed by atoms with van der Waals surface area (Å²) in [5, 5.41) is 1.33. The van der Waals surface area contributed by atoms with Gasteiger partial charge in [-0.3, -0.25) is 0 Å². The summed E-state index contributed by atoms with van der Waals surface area (Å²) < 4.78 is 6.50. The summed E-state index contributed by atoms with van der Waals surface area (Å²) >= 11 is 0. The van der Waals surface area contributed by atoms with Gasteiger partial charge in [-0.2, -0.15) is 0 Å². The summed E-state index contributed by atoms with van der Waals surface area (Å²) in [6.45, 7) is 3.00. The molecule has 0 saturated carbocycles. The third-order valence-corrected chi connectivity index (χ3v) is 5.71. The van der Waals surface area contributed by atoms with Gasteiger partial charge < -0.3 is 15.5 Å². The summed E-state index contributed by atoms with van der Waals surface area (Å²) in [5.41, 5.74) is 11.4. The molecule has 0 saturated heterocycles. The van der Waals surface area contributed by atoms with E-state index in [1.165, 1.54) is 27.7 Å². The fourth-order valence-electron chi connectivity index (χ4n) is 4.37. The van der Waals surface area contributed by atoms with Crippen LogP contribution in [-0.4, -0.2) is 11.6 Å². The van der Waals surface area contributed by atoms with E-state index in [1.807, 2.05) is 6.07 Å². The second-order valence-electron chi connectivity index (χ2n) is 7.44. The predicted octanol–water partition coefficient (Wildman–Crippen LogP) is 5.22. The van der Waals surface area contributed by atoms with Crippen molar-refractivity contribution >= 4 is 10.9 Å². The first-order valence-electron chi connectivity index (χ1n) is 9.78. The van der Waals surface area contributed by atoms with E-state index in [0.717, 1.165) is 38.7 Å². The zero-order chi connectivity index (χ0) is 18.0. The molecular weight excluding hydrogens is 320 g/mol. The lowest BCUT2D eigenvalue weighted by Crippen LogP contribution is -2.38. The molecule has 3 heteroatoms. The molecule has 3 N–H and O–H groups in total. The summed E-state index contributed by atoms with van der Waals surface area (Å²) in [5.74, 6) is 0. The number of hydrogen-bond acceptors (Lipinski definition) is 2. The number of ether oxygens (including phenoxy) is 1. The van der Waals surface area contributed by atoms with Crippen molar-refractivity contribution in [3.05, 3.63) is 71.4 Å². The van der Waals surface area contributed by atoms with Crippen LogP contribution in [0.4, 0.5) is 0 Å². The predicted molar refractivity (Wildman–Crippen MR) is 107 cm³/mol. The highest BCUT2D eigenvalue weighted by atomic mass is 16.5. The molecule has 2 heterocycles. The molecule has 3 aromatic rings.